The van der Waals surface area contributed by atoms with Crippen molar-refractivity contribution in [2.75, 3.05) is 12.4 Å². The third kappa shape index (κ3) is 1.94. The number of aliphatic hydroxyl groups is 1. The molecular weight excluding hydrogens is 254 g/mol. The summed E-state index contributed by atoms with van der Waals surface area (Å²) in [5.74, 6) is 0.367. The summed E-state index contributed by atoms with van der Waals surface area (Å²) in [7, 11) is 1.60. The molecule has 0 aromatic heterocycles. The number of hydrogen-bond acceptors (Lipinski definition) is 3. The summed E-state index contributed by atoms with van der Waals surface area (Å²) >= 11 is 0. The number of nitrogens with one attached hydrogen (secondary N) is 1. The van der Waals surface area contributed by atoms with E-state index in [4.69, 9.17) is 4.74 Å². The summed E-state index contributed by atoms with van der Waals surface area (Å²) in [6.45, 7) is 0. The smallest absolute Gasteiger partial charge is 0.261 e. The number of amides is 1. The van der Waals surface area contributed by atoms with E-state index in [9.17, 15) is 9.90 Å². The molecule has 2 aromatic carbocycles. The Balaban J connectivity index is 1.94. The molecule has 20 heavy (non-hydrogen) atoms. The van der Waals surface area contributed by atoms with Gasteiger partial charge in [-0.1, -0.05) is 30.3 Å². The van der Waals surface area contributed by atoms with Gasteiger partial charge in [-0.3, -0.25) is 4.79 Å². The molecule has 2 aromatic rings. The Kier molecular flexibility index (Phi) is 2.95. The molecule has 1 aliphatic rings. The summed E-state index contributed by atoms with van der Waals surface area (Å²) in [6.07, 6.45) is 0.236. The number of benzene rings is 2. The molecule has 0 saturated heterocycles. The average Bonchev–Trinajstić information content (AvgIpc) is 2.72. The lowest BCUT2D eigenvalue weighted by molar-refractivity contribution is -0.133. The summed E-state index contributed by atoms with van der Waals surface area (Å²) in [6, 6.07) is 14.6. The van der Waals surface area contributed by atoms with Crippen molar-refractivity contribution in [2.24, 2.45) is 0 Å². The second kappa shape index (κ2) is 4.65. The predicted molar refractivity (Wildman–Crippen MR) is 75.7 cm³/mol. The number of hydrogen-bond donors (Lipinski definition) is 2. The van der Waals surface area contributed by atoms with Crippen molar-refractivity contribution in [3.63, 3.8) is 0 Å². The summed E-state index contributed by atoms with van der Waals surface area (Å²) in [5.41, 5.74) is 0.667. The normalized spacial score (nSPS) is 20.4. The molecule has 2 N–H and O–H groups in total. The fraction of sp³-hybridized carbons (Fsp3) is 0.188. The van der Waals surface area contributed by atoms with Gasteiger partial charge in [0.2, 0.25) is 0 Å². The highest BCUT2D eigenvalue weighted by Crippen LogP contribution is 2.38. The van der Waals surface area contributed by atoms with Crippen molar-refractivity contribution >= 4 is 11.6 Å². The quantitative estimate of drug-likeness (QED) is 0.897. The van der Waals surface area contributed by atoms with E-state index in [0.29, 0.717) is 11.3 Å². The van der Waals surface area contributed by atoms with E-state index < -0.39 is 5.60 Å². The highest BCUT2D eigenvalue weighted by atomic mass is 16.5. The highest BCUT2D eigenvalue weighted by Gasteiger charge is 2.44. The lowest BCUT2D eigenvalue weighted by atomic mass is 9.88. The van der Waals surface area contributed by atoms with Gasteiger partial charge in [0.15, 0.2) is 5.60 Å². The standard InChI is InChI=1S/C16H15NO3/c1-20-12-8-6-11(7-9-12)10-16(19)13-4-2-3-5-14(13)17-15(16)18/h2-9,19H,10H2,1H3,(H,17,18). The van der Waals surface area contributed by atoms with Gasteiger partial charge in [-0.05, 0) is 23.8 Å². The number of carbonyl (C=O) groups is 1. The molecule has 4 nitrogen and oxygen atoms in total. The molecule has 3 rings (SSSR count). The minimum Gasteiger partial charge on any atom is -0.497 e. The van der Waals surface area contributed by atoms with E-state index >= 15 is 0 Å². The van der Waals surface area contributed by atoms with Crippen molar-refractivity contribution in [1.29, 1.82) is 0 Å². The van der Waals surface area contributed by atoms with Gasteiger partial charge in [-0.2, -0.15) is 0 Å². The van der Waals surface area contributed by atoms with Crippen LogP contribution < -0.4 is 10.1 Å². The SMILES string of the molecule is COc1ccc(CC2(O)C(=O)Nc3ccccc32)cc1. The fourth-order valence-corrected chi connectivity index (χ4v) is 2.52. The number of carbonyl (C=O) groups excluding carboxylic acids is 1. The maximum Gasteiger partial charge on any atom is 0.261 e. The zero-order valence-electron chi connectivity index (χ0n) is 11.1. The second-order valence-electron chi connectivity index (χ2n) is 4.88. The Morgan fingerprint density at radius 1 is 1.15 bits per heavy atom. The van der Waals surface area contributed by atoms with Crippen LogP contribution >= 0.6 is 0 Å². The number of para-hydroxylation sites is 1. The topological polar surface area (TPSA) is 58.6 Å². The van der Waals surface area contributed by atoms with Crippen LogP contribution in [0.25, 0.3) is 0 Å². The van der Waals surface area contributed by atoms with Crippen LogP contribution in [0, 0.1) is 0 Å². The molecular formula is C16H15NO3. The van der Waals surface area contributed by atoms with Gasteiger partial charge >= 0.3 is 0 Å². The lowest BCUT2D eigenvalue weighted by Gasteiger charge is -2.21. The van der Waals surface area contributed by atoms with Gasteiger partial charge in [0.1, 0.15) is 5.75 Å². The zero-order valence-corrected chi connectivity index (χ0v) is 11.1. The van der Waals surface area contributed by atoms with Crippen molar-refractivity contribution < 1.29 is 14.6 Å². The van der Waals surface area contributed by atoms with Crippen LogP contribution in [0.2, 0.25) is 0 Å². The van der Waals surface area contributed by atoms with Gasteiger partial charge in [0.25, 0.3) is 5.91 Å². The molecule has 0 fully saturated rings. The van der Waals surface area contributed by atoms with Crippen LogP contribution in [0.1, 0.15) is 11.1 Å². The molecule has 0 aliphatic carbocycles. The summed E-state index contributed by atoms with van der Waals surface area (Å²) in [4.78, 5) is 12.1. The molecule has 4 heteroatoms. The van der Waals surface area contributed by atoms with Crippen LogP contribution in [0.4, 0.5) is 5.69 Å². The maximum atomic E-state index is 12.1. The Morgan fingerprint density at radius 3 is 2.55 bits per heavy atom. The van der Waals surface area contributed by atoms with Gasteiger partial charge in [-0.25, -0.2) is 0 Å². The third-order valence-electron chi connectivity index (χ3n) is 3.62. The molecule has 0 bridgehead atoms. The van der Waals surface area contributed by atoms with Crippen molar-refractivity contribution in [1.82, 2.24) is 0 Å². The summed E-state index contributed by atoms with van der Waals surface area (Å²) < 4.78 is 5.10. The van der Waals surface area contributed by atoms with Gasteiger partial charge < -0.3 is 15.2 Å². The maximum absolute atomic E-state index is 12.1. The minimum atomic E-state index is -1.51. The molecule has 0 spiro atoms. The van der Waals surface area contributed by atoms with Crippen LogP contribution in [0.3, 0.4) is 0 Å². The van der Waals surface area contributed by atoms with Crippen LogP contribution in [0.5, 0.6) is 5.75 Å². The van der Waals surface area contributed by atoms with E-state index in [1.165, 1.54) is 0 Å². The number of fused-ring (bicyclic) bond motifs is 1. The first-order valence-corrected chi connectivity index (χ1v) is 6.40. The van der Waals surface area contributed by atoms with Crippen LogP contribution in [0.15, 0.2) is 48.5 Å². The summed E-state index contributed by atoms with van der Waals surface area (Å²) in [5, 5.41) is 13.5. The number of ether oxygens (including phenoxy) is 1. The molecule has 1 heterocycles. The van der Waals surface area contributed by atoms with Crippen LogP contribution in [-0.4, -0.2) is 18.1 Å². The molecule has 1 atom stereocenters. The Labute approximate surface area is 117 Å². The van der Waals surface area contributed by atoms with Gasteiger partial charge in [-0.15, -0.1) is 0 Å². The molecule has 0 radical (unpaired) electrons. The third-order valence-corrected chi connectivity index (χ3v) is 3.62. The monoisotopic (exact) mass is 269 g/mol. The Morgan fingerprint density at radius 2 is 1.85 bits per heavy atom. The second-order valence-corrected chi connectivity index (χ2v) is 4.88. The van der Waals surface area contributed by atoms with E-state index in [-0.39, 0.29) is 12.3 Å². The van der Waals surface area contributed by atoms with Gasteiger partial charge in [0.05, 0.1) is 7.11 Å². The lowest BCUT2D eigenvalue weighted by Crippen LogP contribution is -2.36. The van der Waals surface area contributed by atoms with E-state index in [1.807, 2.05) is 36.4 Å². The molecule has 1 aliphatic heterocycles. The number of methoxy groups -OCH3 is 1. The Bertz CT molecular complexity index is 651. The van der Waals surface area contributed by atoms with E-state index in [2.05, 4.69) is 5.32 Å². The first-order valence-electron chi connectivity index (χ1n) is 6.40. The number of anilines is 1. The number of rotatable bonds is 3. The van der Waals surface area contributed by atoms with Crippen molar-refractivity contribution in [3.8, 4) is 5.75 Å². The zero-order chi connectivity index (χ0) is 14.2. The van der Waals surface area contributed by atoms with E-state index in [1.54, 1.807) is 19.2 Å². The van der Waals surface area contributed by atoms with Crippen molar-refractivity contribution in [2.45, 2.75) is 12.0 Å². The fourth-order valence-electron chi connectivity index (χ4n) is 2.52. The Hall–Kier alpha value is -2.33. The first kappa shape index (κ1) is 12.7. The average molecular weight is 269 g/mol. The molecule has 0 saturated carbocycles. The first-order chi connectivity index (χ1) is 9.63. The highest BCUT2D eigenvalue weighted by molar-refractivity contribution is 6.05. The van der Waals surface area contributed by atoms with Gasteiger partial charge in [0, 0.05) is 17.7 Å². The minimum absolute atomic E-state index is 0.236. The molecule has 1 unspecified atom stereocenters. The molecule has 102 valence electrons. The van der Waals surface area contributed by atoms with Crippen molar-refractivity contribution in [3.05, 3.63) is 59.7 Å². The largest absolute Gasteiger partial charge is 0.497 e. The van der Waals surface area contributed by atoms with E-state index in [0.717, 1.165) is 11.3 Å². The predicted octanol–water partition coefficient (Wildman–Crippen LogP) is 2.08. The molecule has 1 amide bonds. The van der Waals surface area contributed by atoms with Crippen LogP contribution in [-0.2, 0) is 16.8 Å².